The van der Waals surface area contributed by atoms with Crippen molar-refractivity contribution < 1.29 is 9.53 Å². The molecule has 9 heteroatoms. The molecule has 148 valence electrons. The van der Waals surface area contributed by atoms with Crippen LogP contribution in [0.25, 0.3) is 0 Å². The molecule has 0 fully saturated rings. The van der Waals surface area contributed by atoms with Crippen molar-refractivity contribution in [2.75, 3.05) is 7.05 Å². The molecule has 28 heavy (non-hydrogen) atoms. The van der Waals surface area contributed by atoms with E-state index in [-0.39, 0.29) is 12.6 Å². The molecule has 0 atom stereocenters. The van der Waals surface area contributed by atoms with Crippen molar-refractivity contribution >= 4 is 29.1 Å². The first-order chi connectivity index (χ1) is 13.4. The number of rotatable bonds is 7. The van der Waals surface area contributed by atoms with E-state index >= 15 is 0 Å². The fourth-order valence-corrected chi connectivity index (χ4v) is 3.20. The number of hydrogen-bond donors (Lipinski definition) is 0. The Labute approximate surface area is 173 Å². The van der Waals surface area contributed by atoms with E-state index in [2.05, 4.69) is 10.2 Å². The molecule has 3 aromatic rings. The zero-order chi connectivity index (χ0) is 20.3. The van der Waals surface area contributed by atoms with Crippen LogP contribution in [0.3, 0.4) is 0 Å². The number of benzene rings is 1. The van der Waals surface area contributed by atoms with Gasteiger partial charge in [0.15, 0.2) is 12.4 Å². The lowest BCUT2D eigenvalue weighted by atomic mass is 10.2. The van der Waals surface area contributed by atoms with Crippen molar-refractivity contribution in [3.05, 3.63) is 63.7 Å². The van der Waals surface area contributed by atoms with Crippen LogP contribution in [-0.2, 0) is 19.8 Å². The number of amides is 1. The van der Waals surface area contributed by atoms with Gasteiger partial charge in [0.05, 0.1) is 23.5 Å². The normalized spacial score (nSPS) is 10.9. The first-order valence-corrected chi connectivity index (χ1v) is 9.52. The molecule has 3 rings (SSSR count). The largest absolute Gasteiger partial charge is 0.471 e. The van der Waals surface area contributed by atoms with Gasteiger partial charge in [0.2, 0.25) is 0 Å². The highest BCUT2D eigenvalue weighted by atomic mass is 35.5. The van der Waals surface area contributed by atoms with E-state index in [0.717, 1.165) is 11.3 Å². The molecule has 0 unspecified atom stereocenters. The molecule has 0 saturated carbocycles. The smallest absolute Gasteiger partial charge is 0.274 e. The van der Waals surface area contributed by atoms with E-state index in [1.165, 1.54) is 0 Å². The lowest BCUT2D eigenvalue weighted by Gasteiger charge is -2.17. The Bertz CT molecular complexity index is 983. The summed E-state index contributed by atoms with van der Waals surface area (Å²) in [4.78, 5) is 14.2. The molecule has 0 radical (unpaired) electrons. The summed E-state index contributed by atoms with van der Waals surface area (Å²) in [5.74, 6) is 0.508. The van der Waals surface area contributed by atoms with Crippen LogP contribution >= 0.6 is 23.2 Å². The first-order valence-electron chi connectivity index (χ1n) is 8.77. The highest BCUT2D eigenvalue weighted by Crippen LogP contribution is 2.22. The third-order valence-corrected chi connectivity index (χ3v) is 4.83. The maximum absolute atomic E-state index is 12.7. The van der Waals surface area contributed by atoms with Gasteiger partial charge in [-0.3, -0.25) is 9.48 Å². The molecule has 1 amide bonds. The minimum Gasteiger partial charge on any atom is -0.471 e. The Kier molecular flexibility index (Phi) is 6.26. The van der Waals surface area contributed by atoms with E-state index < -0.39 is 0 Å². The highest BCUT2D eigenvalue weighted by molar-refractivity contribution is 6.31. The van der Waals surface area contributed by atoms with E-state index in [1.54, 1.807) is 45.8 Å². The number of ether oxygens (including phenoxy) is 1. The summed E-state index contributed by atoms with van der Waals surface area (Å²) in [6.07, 6.45) is 3.29. The van der Waals surface area contributed by atoms with Crippen molar-refractivity contribution in [3.63, 3.8) is 0 Å². The van der Waals surface area contributed by atoms with Gasteiger partial charge in [0.1, 0.15) is 5.75 Å². The topological polar surface area (TPSA) is 65.2 Å². The summed E-state index contributed by atoms with van der Waals surface area (Å²) in [7, 11) is 1.71. The van der Waals surface area contributed by atoms with Gasteiger partial charge in [0.25, 0.3) is 5.91 Å². The zero-order valence-corrected chi connectivity index (χ0v) is 17.4. The molecule has 2 aromatic heterocycles. The lowest BCUT2D eigenvalue weighted by molar-refractivity contribution is 0.0773. The third-order valence-electron chi connectivity index (χ3n) is 4.28. The Hall–Kier alpha value is -2.51. The highest BCUT2D eigenvalue weighted by Gasteiger charge is 2.18. The fourth-order valence-electron chi connectivity index (χ4n) is 2.77. The standard InChI is InChI=1S/C19H21Cl2N5O2/c1-4-26-17(15(21)10-22-26)11-24(3)19(27)16-7-8-25(23-16)12-28-18-6-5-14(20)9-13(18)2/h5-10H,4,11-12H2,1-3H3. The predicted molar refractivity (Wildman–Crippen MR) is 108 cm³/mol. The van der Waals surface area contributed by atoms with Gasteiger partial charge in [-0.1, -0.05) is 23.2 Å². The SMILES string of the molecule is CCn1ncc(Cl)c1CN(C)C(=O)c1ccn(COc2ccc(Cl)cc2C)n1. The number of nitrogens with zero attached hydrogens (tertiary/aromatic N) is 5. The number of halogens is 2. The van der Waals surface area contributed by atoms with Crippen molar-refractivity contribution in [1.29, 1.82) is 0 Å². The van der Waals surface area contributed by atoms with E-state index in [0.29, 0.717) is 34.6 Å². The number of aromatic nitrogens is 4. The maximum atomic E-state index is 12.7. The maximum Gasteiger partial charge on any atom is 0.274 e. The van der Waals surface area contributed by atoms with Crippen molar-refractivity contribution in [2.24, 2.45) is 0 Å². The minimum absolute atomic E-state index is 0.188. The summed E-state index contributed by atoms with van der Waals surface area (Å²) in [6.45, 7) is 5.10. The summed E-state index contributed by atoms with van der Waals surface area (Å²) in [5, 5.41) is 9.70. The predicted octanol–water partition coefficient (Wildman–Crippen LogP) is 4.02. The second kappa shape index (κ2) is 8.67. The molecule has 0 bridgehead atoms. The Balaban J connectivity index is 1.64. The molecule has 0 aliphatic heterocycles. The minimum atomic E-state index is -0.207. The molecule has 0 aliphatic carbocycles. The number of carbonyl (C=O) groups excluding carboxylic acids is 1. The molecule has 7 nitrogen and oxygen atoms in total. The zero-order valence-electron chi connectivity index (χ0n) is 15.9. The number of hydrogen-bond acceptors (Lipinski definition) is 4. The van der Waals surface area contributed by atoms with Crippen LogP contribution < -0.4 is 4.74 Å². The second-order valence-electron chi connectivity index (χ2n) is 6.34. The second-order valence-corrected chi connectivity index (χ2v) is 7.18. The molecule has 0 saturated heterocycles. The van der Waals surface area contributed by atoms with E-state index in [4.69, 9.17) is 27.9 Å². The summed E-state index contributed by atoms with van der Waals surface area (Å²) in [5.41, 5.74) is 2.05. The van der Waals surface area contributed by atoms with Crippen molar-refractivity contribution in [2.45, 2.75) is 33.7 Å². The molecular weight excluding hydrogens is 401 g/mol. The summed E-state index contributed by atoms with van der Waals surface area (Å²) < 4.78 is 9.09. The third kappa shape index (κ3) is 4.48. The van der Waals surface area contributed by atoms with Crippen molar-refractivity contribution in [1.82, 2.24) is 24.5 Å². The van der Waals surface area contributed by atoms with Gasteiger partial charge in [0, 0.05) is 24.8 Å². The van der Waals surface area contributed by atoms with E-state index in [9.17, 15) is 4.79 Å². The van der Waals surface area contributed by atoms with Crippen LogP contribution in [0.2, 0.25) is 10.0 Å². The van der Waals surface area contributed by atoms with Gasteiger partial charge >= 0.3 is 0 Å². The molecule has 0 N–H and O–H groups in total. The Morgan fingerprint density at radius 3 is 2.79 bits per heavy atom. The fraction of sp³-hybridized carbons (Fsp3) is 0.316. The number of carbonyl (C=O) groups is 1. The van der Waals surface area contributed by atoms with Gasteiger partial charge in [-0.2, -0.15) is 10.2 Å². The Morgan fingerprint density at radius 2 is 2.07 bits per heavy atom. The van der Waals surface area contributed by atoms with Gasteiger partial charge in [-0.25, -0.2) is 4.68 Å². The monoisotopic (exact) mass is 421 g/mol. The van der Waals surface area contributed by atoms with Gasteiger partial charge < -0.3 is 9.64 Å². The lowest BCUT2D eigenvalue weighted by Crippen LogP contribution is -2.28. The van der Waals surface area contributed by atoms with Crippen LogP contribution in [0.4, 0.5) is 0 Å². The summed E-state index contributed by atoms with van der Waals surface area (Å²) >= 11 is 12.1. The van der Waals surface area contributed by atoms with Gasteiger partial charge in [-0.05, 0) is 43.7 Å². The Morgan fingerprint density at radius 1 is 1.29 bits per heavy atom. The summed E-state index contributed by atoms with van der Waals surface area (Å²) in [6, 6.07) is 7.07. The first kappa shape index (κ1) is 20.2. The quantitative estimate of drug-likeness (QED) is 0.577. The van der Waals surface area contributed by atoms with Crippen LogP contribution in [0.5, 0.6) is 5.75 Å². The molecule has 1 aromatic carbocycles. The average molecular weight is 422 g/mol. The van der Waals surface area contributed by atoms with E-state index in [1.807, 2.05) is 26.0 Å². The van der Waals surface area contributed by atoms with Crippen LogP contribution in [-0.4, -0.2) is 37.4 Å². The molecular formula is C19H21Cl2N5O2. The molecule has 0 aliphatic rings. The van der Waals surface area contributed by atoms with Crippen LogP contribution in [0.15, 0.2) is 36.7 Å². The van der Waals surface area contributed by atoms with Crippen molar-refractivity contribution in [3.8, 4) is 5.75 Å². The van der Waals surface area contributed by atoms with Crippen LogP contribution in [0.1, 0.15) is 28.7 Å². The van der Waals surface area contributed by atoms with Gasteiger partial charge in [-0.15, -0.1) is 0 Å². The average Bonchev–Trinajstić information content (AvgIpc) is 3.27. The molecule has 0 spiro atoms. The molecule has 2 heterocycles. The van der Waals surface area contributed by atoms with Crippen LogP contribution in [0, 0.1) is 6.92 Å². The number of aryl methyl sites for hydroxylation is 2.